The SMILES string of the molecule is CCn1nc(C)c2c1N1CCOCC1CC(=O)N2. The van der Waals surface area contributed by atoms with Crippen LogP contribution in [-0.4, -0.2) is 41.5 Å². The van der Waals surface area contributed by atoms with Crippen LogP contribution in [0.25, 0.3) is 0 Å². The lowest BCUT2D eigenvalue weighted by molar-refractivity contribution is -0.116. The highest BCUT2D eigenvalue weighted by Gasteiger charge is 2.34. The molecule has 98 valence electrons. The number of nitrogens with zero attached hydrogens (tertiary/aromatic N) is 3. The molecule has 2 aliphatic rings. The van der Waals surface area contributed by atoms with E-state index in [9.17, 15) is 4.79 Å². The second kappa shape index (κ2) is 4.28. The number of morpholine rings is 1. The number of carbonyl (C=O) groups is 1. The molecular weight excluding hydrogens is 232 g/mol. The summed E-state index contributed by atoms with van der Waals surface area (Å²) in [6.07, 6.45) is 0.484. The van der Waals surface area contributed by atoms with Crippen molar-refractivity contribution >= 4 is 17.4 Å². The lowest BCUT2D eigenvalue weighted by Gasteiger charge is -2.35. The molecule has 1 N–H and O–H groups in total. The van der Waals surface area contributed by atoms with Gasteiger partial charge in [-0.25, -0.2) is 4.68 Å². The Bertz CT molecular complexity index is 483. The summed E-state index contributed by atoms with van der Waals surface area (Å²) in [6.45, 7) is 6.94. The number of nitrogens with one attached hydrogen (secondary N) is 1. The number of ether oxygens (including phenoxy) is 1. The van der Waals surface area contributed by atoms with Gasteiger partial charge in [-0.1, -0.05) is 0 Å². The molecule has 0 spiro atoms. The summed E-state index contributed by atoms with van der Waals surface area (Å²) in [4.78, 5) is 14.2. The number of aromatic nitrogens is 2. The maximum absolute atomic E-state index is 11.9. The number of anilines is 2. The first-order valence-corrected chi connectivity index (χ1v) is 6.42. The Morgan fingerprint density at radius 3 is 3.17 bits per heavy atom. The summed E-state index contributed by atoms with van der Waals surface area (Å²) in [6, 6.07) is 0.126. The van der Waals surface area contributed by atoms with E-state index in [1.807, 2.05) is 11.6 Å². The third-order valence-electron chi connectivity index (χ3n) is 3.59. The van der Waals surface area contributed by atoms with Gasteiger partial charge in [-0.3, -0.25) is 4.79 Å². The number of carbonyl (C=O) groups excluding carboxylic acids is 1. The molecule has 1 saturated heterocycles. The zero-order chi connectivity index (χ0) is 12.7. The summed E-state index contributed by atoms with van der Waals surface area (Å²) >= 11 is 0. The van der Waals surface area contributed by atoms with Crippen molar-refractivity contribution in [2.75, 3.05) is 30.0 Å². The average Bonchev–Trinajstić information content (AvgIpc) is 2.58. The van der Waals surface area contributed by atoms with Crippen molar-refractivity contribution in [3.05, 3.63) is 5.69 Å². The minimum atomic E-state index is 0.0491. The van der Waals surface area contributed by atoms with Crippen LogP contribution in [0.1, 0.15) is 19.0 Å². The molecule has 0 aliphatic carbocycles. The molecule has 1 amide bonds. The molecule has 1 unspecified atom stereocenters. The van der Waals surface area contributed by atoms with Crippen molar-refractivity contribution in [3.8, 4) is 0 Å². The van der Waals surface area contributed by atoms with Crippen molar-refractivity contribution in [2.45, 2.75) is 32.9 Å². The normalized spacial score (nSPS) is 23.1. The Morgan fingerprint density at radius 1 is 1.56 bits per heavy atom. The molecule has 1 aromatic heterocycles. The van der Waals surface area contributed by atoms with Crippen molar-refractivity contribution in [1.29, 1.82) is 0 Å². The second-order valence-corrected chi connectivity index (χ2v) is 4.77. The first-order chi connectivity index (χ1) is 8.70. The topological polar surface area (TPSA) is 59.4 Å². The summed E-state index contributed by atoms with van der Waals surface area (Å²) in [7, 11) is 0. The van der Waals surface area contributed by atoms with E-state index in [-0.39, 0.29) is 11.9 Å². The molecule has 3 rings (SSSR count). The maximum Gasteiger partial charge on any atom is 0.226 e. The zero-order valence-corrected chi connectivity index (χ0v) is 10.8. The molecule has 0 saturated carbocycles. The van der Waals surface area contributed by atoms with Crippen LogP contribution >= 0.6 is 0 Å². The quantitative estimate of drug-likeness (QED) is 0.799. The molecule has 1 atom stereocenters. The molecule has 18 heavy (non-hydrogen) atoms. The van der Waals surface area contributed by atoms with Crippen molar-refractivity contribution in [3.63, 3.8) is 0 Å². The van der Waals surface area contributed by atoms with E-state index in [0.717, 1.165) is 30.3 Å². The Hall–Kier alpha value is -1.56. The molecule has 0 aromatic carbocycles. The molecule has 6 nitrogen and oxygen atoms in total. The van der Waals surface area contributed by atoms with Crippen LogP contribution in [0, 0.1) is 6.92 Å². The van der Waals surface area contributed by atoms with Gasteiger partial charge in [0.25, 0.3) is 0 Å². The monoisotopic (exact) mass is 250 g/mol. The molecule has 3 heterocycles. The highest BCUT2D eigenvalue weighted by Crippen LogP contribution is 2.35. The minimum Gasteiger partial charge on any atom is -0.377 e. The van der Waals surface area contributed by atoms with Gasteiger partial charge >= 0.3 is 0 Å². The molecule has 1 aromatic rings. The van der Waals surface area contributed by atoms with Gasteiger partial charge in [0.1, 0.15) is 5.69 Å². The molecule has 2 aliphatic heterocycles. The molecular formula is C12H18N4O2. The Balaban J connectivity index is 2.11. The summed E-state index contributed by atoms with van der Waals surface area (Å²) in [5.41, 5.74) is 1.75. The first-order valence-electron chi connectivity index (χ1n) is 6.42. The van der Waals surface area contributed by atoms with E-state index in [0.29, 0.717) is 19.6 Å². The van der Waals surface area contributed by atoms with Gasteiger partial charge in [-0.2, -0.15) is 5.10 Å². The summed E-state index contributed by atoms with van der Waals surface area (Å²) in [5.74, 6) is 1.09. The van der Waals surface area contributed by atoms with Gasteiger partial charge in [-0.15, -0.1) is 0 Å². The van der Waals surface area contributed by atoms with Gasteiger partial charge in [0.15, 0.2) is 5.82 Å². The van der Waals surface area contributed by atoms with E-state index in [1.165, 1.54) is 0 Å². The predicted octanol–water partition coefficient (Wildman–Crippen LogP) is 0.759. The van der Waals surface area contributed by atoms with Gasteiger partial charge in [0.2, 0.25) is 5.91 Å². The number of hydrogen-bond acceptors (Lipinski definition) is 4. The smallest absolute Gasteiger partial charge is 0.226 e. The third-order valence-corrected chi connectivity index (χ3v) is 3.59. The number of aryl methyl sites for hydroxylation is 2. The van der Waals surface area contributed by atoms with Gasteiger partial charge in [0.05, 0.1) is 24.9 Å². The van der Waals surface area contributed by atoms with Crippen LogP contribution in [0.3, 0.4) is 0 Å². The van der Waals surface area contributed by atoms with Crippen LogP contribution in [-0.2, 0) is 16.1 Å². The van der Waals surface area contributed by atoms with E-state index < -0.39 is 0 Å². The molecule has 0 radical (unpaired) electrons. The van der Waals surface area contributed by atoms with Crippen molar-refractivity contribution in [2.24, 2.45) is 0 Å². The number of rotatable bonds is 1. The van der Waals surface area contributed by atoms with Crippen LogP contribution in [0.5, 0.6) is 0 Å². The summed E-state index contributed by atoms with van der Waals surface area (Å²) in [5, 5.41) is 7.48. The highest BCUT2D eigenvalue weighted by atomic mass is 16.5. The number of hydrogen-bond donors (Lipinski definition) is 1. The largest absolute Gasteiger partial charge is 0.377 e. The van der Waals surface area contributed by atoms with Gasteiger partial charge in [0, 0.05) is 19.5 Å². The molecule has 1 fully saturated rings. The Morgan fingerprint density at radius 2 is 2.39 bits per heavy atom. The molecule has 0 bridgehead atoms. The minimum absolute atomic E-state index is 0.0491. The fraction of sp³-hybridized carbons (Fsp3) is 0.667. The summed E-state index contributed by atoms with van der Waals surface area (Å²) < 4.78 is 7.45. The maximum atomic E-state index is 11.9. The van der Waals surface area contributed by atoms with Crippen molar-refractivity contribution in [1.82, 2.24) is 9.78 Å². The van der Waals surface area contributed by atoms with Crippen LogP contribution < -0.4 is 10.2 Å². The predicted molar refractivity (Wildman–Crippen MR) is 67.8 cm³/mol. The Labute approximate surface area is 106 Å². The number of fused-ring (bicyclic) bond motifs is 3. The van der Waals surface area contributed by atoms with Crippen LogP contribution in [0.4, 0.5) is 11.5 Å². The fourth-order valence-corrected chi connectivity index (χ4v) is 2.74. The third kappa shape index (κ3) is 1.68. The van der Waals surface area contributed by atoms with Gasteiger partial charge < -0.3 is 15.0 Å². The first kappa shape index (κ1) is 11.5. The van der Waals surface area contributed by atoms with E-state index in [1.54, 1.807) is 0 Å². The Kier molecular flexibility index (Phi) is 2.74. The van der Waals surface area contributed by atoms with E-state index in [4.69, 9.17) is 4.74 Å². The second-order valence-electron chi connectivity index (χ2n) is 4.77. The zero-order valence-electron chi connectivity index (χ0n) is 10.8. The standard InChI is InChI=1S/C12H18N4O2/c1-3-16-12-11(8(2)14-16)13-10(17)6-9-7-18-5-4-15(9)12/h9H,3-7H2,1-2H3,(H,13,17). The van der Waals surface area contributed by atoms with E-state index in [2.05, 4.69) is 22.2 Å². The highest BCUT2D eigenvalue weighted by molar-refractivity contribution is 5.97. The van der Waals surface area contributed by atoms with Crippen molar-refractivity contribution < 1.29 is 9.53 Å². The lowest BCUT2D eigenvalue weighted by Crippen LogP contribution is -2.46. The van der Waals surface area contributed by atoms with Crippen LogP contribution in [0.2, 0.25) is 0 Å². The lowest BCUT2D eigenvalue weighted by atomic mass is 10.1. The van der Waals surface area contributed by atoms with Crippen LogP contribution in [0.15, 0.2) is 0 Å². The van der Waals surface area contributed by atoms with Gasteiger partial charge in [-0.05, 0) is 13.8 Å². The fourth-order valence-electron chi connectivity index (χ4n) is 2.74. The molecule has 6 heteroatoms. The average molecular weight is 250 g/mol. The van der Waals surface area contributed by atoms with E-state index >= 15 is 0 Å². The number of amides is 1.